The number of hydrogen-bond donors (Lipinski definition) is 2. The second kappa shape index (κ2) is 11.5. The highest BCUT2D eigenvalue weighted by atomic mass is 19.1. The largest absolute Gasteiger partial charge is 0.371 e. The molecular formula is C28H30FN3O2. The van der Waals surface area contributed by atoms with Crippen molar-refractivity contribution in [2.24, 2.45) is 0 Å². The Balaban J connectivity index is 1.28. The van der Waals surface area contributed by atoms with Gasteiger partial charge in [0, 0.05) is 37.8 Å². The molecule has 3 aromatic rings. The zero-order chi connectivity index (χ0) is 23.8. The van der Waals surface area contributed by atoms with Crippen molar-refractivity contribution >= 4 is 17.5 Å². The van der Waals surface area contributed by atoms with E-state index < -0.39 is 0 Å². The fraction of sp³-hybridized carbons (Fsp3) is 0.286. The predicted molar refractivity (Wildman–Crippen MR) is 132 cm³/mol. The molecule has 6 heteroatoms. The molecule has 0 atom stereocenters. The van der Waals surface area contributed by atoms with Crippen LogP contribution in [0.5, 0.6) is 0 Å². The van der Waals surface area contributed by atoms with Crippen molar-refractivity contribution < 1.29 is 14.0 Å². The smallest absolute Gasteiger partial charge is 0.253 e. The molecule has 5 nitrogen and oxygen atoms in total. The first kappa shape index (κ1) is 23.5. The average Bonchev–Trinajstić information content (AvgIpc) is 2.87. The molecule has 1 aliphatic heterocycles. The summed E-state index contributed by atoms with van der Waals surface area (Å²) in [7, 11) is 0. The van der Waals surface area contributed by atoms with E-state index in [1.54, 1.807) is 12.1 Å². The quantitative estimate of drug-likeness (QED) is 0.522. The Morgan fingerprint density at radius 3 is 2.35 bits per heavy atom. The molecule has 176 valence electrons. The third-order valence-corrected chi connectivity index (χ3v) is 6.18. The van der Waals surface area contributed by atoms with Crippen molar-refractivity contribution in [1.29, 1.82) is 0 Å². The molecule has 1 fully saturated rings. The molecule has 0 spiro atoms. The molecule has 2 N–H and O–H groups in total. The van der Waals surface area contributed by atoms with Gasteiger partial charge in [0.05, 0.1) is 5.56 Å². The first-order valence-electron chi connectivity index (χ1n) is 11.8. The van der Waals surface area contributed by atoms with Gasteiger partial charge in [0.2, 0.25) is 5.91 Å². The van der Waals surface area contributed by atoms with Gasteiger partial charge in [0.1, 0.15) is 5.82 Å². The Bertz CT molecular complexity index is 1110. The van der Waals surface area contributed by atoms with Crippen LogP contribution < -0.4 is 15.5 Å². The number of carbonyl (C=O) groups excluding carboxylic acids is 2. The first-order chi connectivity index (χ1) is 16.6. The number of carbonyl (C=O) groups is 2. The fourth-order valence-electron chi connectivity index (χ4n) is 4.33. The second-order valence-electron chi connectivity index (χ2n) is 8.64. The zero-order valence-electron chi connectivity index (χ0n) is 19.2. The Labute approximate surface area is 200 Å². The molecule has 2 amide bonds. The van der Waals surface area contributed by atoms with Gasteiger partial charge >= 0.3 is 0 Å². The van der Waals surface area contributed by atoms with Crippen LogP contribution in [0.3, 0.4) is 0 Å². The maximum atomic E-state index is 13.4. The van der Waals surface area contributed by atoms with E-state index in [0.29, 0.717) is 12.0 Å². The first-order valence-corrected chi connectivity index (χ1v) is 11.8. The Hall–Kier alpha value is -3.67. The lowest BCUT2D eigenvalue weighted by Crippen LogP contribution is -2.45. The van der Waals surface area contributed by atoms with Crippen LogP contribution >= 0.6 is 0 Å². The lowest BCUT2D eigenvalue weighted by molar-refractivity contribution is -0.121. The van der Waals surface area contributed by atoms with Crippen LogP contribution in [0.15, 0.2) is 78.9 Å². The topological polar surface area (TPSA) is 61.4 Å². The van der Waals surface area contributed by atoms with Crippen molar-refractivity contribution in [3.63, 3.8) is 0 Å². The van der Waals surface area contributed by atoms with Crippen LogP contribution in [-0.4, -0.2) is 30.9 Å². The summed E-state index contributed by atoms with van der Waals surface area (Å²) in [6.45, 7) is 1.79. The number of amides is 2. The maximum Gasteiger partial charge on any atom is 0.253 e. The number of nitrogens with zero attached hydrogens (tertiary/aromatic N) is 1. The van der Waals surface area contributed by atoms with Gasteiger partial charge in [-0.3, -0.25) is 9.59 Å². The number of rotatable bonds is 8. The second-order valence-corrected chi connectivity index (χ2v) is 8.64. The zero-order valence-corrected chi connectivity index (χ0v) is 19.2. The summed E-state index contributed by atoms with van der Waals surface area (Å²) in [6, 6.07) is 23.9. The van der Waals surface area contributed by atoms with E-state index >= 15 is 0 Å². The summed E-state index contributed by atoms with van der Waals surface area (Å²) in [4.78, 5) is 27.5. The number of aryl methyl sites for hydroxylation is 1. The molecule has 3 aromatic carbocycles. The third-order valence-electron chi connectivity index (χ3n) is 6.18. The van der Waals surface area contributed by atoms with Crippen LogP contribution in [0.25, 0.3) is 0 Å². The predicted octanol–water partition coefficient (Wildman–Crippen LogP) is 4.47. The monoisotopic (exact) mass is 459 g/mol. The summed E-state index contributed by atoms with van der Waals surface area (Å²) in [6.07, 6.45) is 2.88. The van der Waals surface area contributed by atoms with Crippen LogP contribution in [-0.2, 0) is 17.8 Å². The van der Waals surface area contributed by atoms with Gasteiger partial charge in [-0.15, -0.1) is 0 Å². The van der Waals surface area contributed by atoms with E-state index in [1.165, 1.54) is 17.7 Å². The third kappa shape index (κ3) is 6.44. The van der Waals surface area contributed by atoms with Crippen molar-refractivity contribution in [2.75, 3.05) is 18.0 Å². The van der Waals surface area contributed by atoms with Crippen molar-refractivity contribution in [3.8, 4) is 0 Å². The summed E-state index contributed by atoms with van der Waals surface area (Å²) >= 11 is 0. The Kier molecular flexibility index (Phi) is 7.91. The number of para-hydroxylation sites is 1. The number of piperidine rings is 1. The summed E-state index contributed by atoms with van der Waals surface area (Å²) in [5.41, 5.74) is 3.37. The highest BCUT2D eigenvalue weighted by Crippen LogP contribution is 2.24. The molecule has 4 rings (SSSR count). The molecule has 0 aromatic heterocycles. The Morgan fingerprint density at radius 1 is 0.882 bits per heavy atom. The number of anilines is 1. The van der Waals surface area contributed by atoms with Crippen LogP contribution in [0, 0.1) is 5.82 Å². The summed E-state index contributed by atoms with van der Waals surface area (Å²) in [5, 5.41) is 6.06. The number of nitrogens with one attached hydrogen (secondary N) is 2. The minimum atomic E-state index is -0.317. The van der Waals surface area contributed by atoms with Gasteiger partial charge in [0.25, 0.3) is 5.91 Å². The minimum absolute atomic E-state index is 0.0828. The molecule has 1 heterocycles. The van der Waals surface area contributed by atoms with E-state index in [9.17, 15) is 14.0 Å². The highest BCUT2D eigenvalue weighted by molar-refractivity contribution is 5.99. The summed E-state index contributed by atoms with van der Waals surface area (Å²) in [5.74, 6) is -0.419. The van der Waals surface area contributed by atoms with Crippen LogP contribution in [0.4, 0.5) is 10.1 Å². The van der Waals surface area contributed by atoms with Crippen LogP contribution in [0.1, 0.15) is 40.7 Å². The van der Waals surface area contributed by atoms with Crippen molar-refractivity contribution in [3.05, 3.63) is 101 Å². The van der Waals surface area contributed by atoms with E-state index in [4.69, 9.17) is 0 Å². The molecule has 1 saturated heterocycles. The summed E-state index contributed by atoms with van der Waals surface area (Å²) < 4.78 is 13.4. The fourth-order valence-corrected chi connectivity index (χ4v) is 4.33. The Morgan fingerprint density at radius 2 is 1.59 bits per heavy atom. The standard InChI is InChI=1S/C28H30FN3O2/c29-23-10-6-9-22(19-23)20-30-28(34)25-11-4-5-12-26(25)32-17-15-24(16-18-32)31-27(33)14-13-21-7-2-1-3-8-21/h1-12,19,24H,13-18,20H2,(H,30,34)(H,31,33). The van der Waals surface area contributed by atoms with Crippen molar-refractivity contribution in [2.45, 2.75) is 38.3 Å². The van der Waals surface area contributed by atoms with E-state index in [0.717, 1.165) is 43.6 Å². The van der Waals surface area contributed by atoms with Gasteiger partial charge in [-0.2, -0.15) is 0 Å². The number of benzene rings is 3. The van der Waals surface area contributed by atoms with Gasteiger partial charge in [-0.05, 0) is 54.7 Å². The molecule has 0 radical (unpaired) electrons. The molecule has 0 bridgehead atoms. The number of hydrogen-bond acceptors (Lipinski definition) is 3. The maximum absolute atomic E-state index is 13.4. The van der Waals surface area contributed by atoms with Crippen LogP contribution in [0.2, 0.25) is 0 Å². The minimum Gasteiger partial charge on any atom is -0.371 e. The van der Waals surface area contributed by atoms with Crippen molar-refractivity contribution in [1.82, 2.24) is 10.6 Å². The highest BCUT2D eigenvalue weighted by Gasteiger charge is 2.23. The van der Waals surface area contributed by atoms with E-state index in [-0.39, 0.29) is 30.2 Å². The molecule has 0 saturated carbocycles. The molecule has 0 aliphatic carbocycles. The van der Waals surface area contributed by atoms with Gasteiger partial charge < -0.3 is 15.5 Å². The lowest BCUT2D eigenvalue weighted by atomic mass is 10.0. The molecule has 34 heavy (non-hydrogen) atoms. The lowest BCUT2D eigenvalue weighted by Gasteiger charge is -2.35. The normalized spacial score (nSPS) is 14.0. The SMILES string of the molecule is O=C(CCc1ccccc1)NC1CCN(c2ccccc2C(=O)NCc2cccc(F)c2)CC1. The van der Waals surface area contributed by atoms with Gasteiger partial charge in [-0.25, -0.2) is 4.39 Å². The van der Waals surface area contributed by atoms with E-state index in [1.807, 2.05) is 54.6 Å². The molecular weight excluding hydrogens is 429 g/mol. The van der Waals surface area contributed by atoms with Gasteiger partial charge in [0.15, 0.2) is 0 Å². The molecule has 1 aliphatic rings. The molecule has 0 unspecified atom stereocenters. The van der Waals surface area contributed by atoms with Gasteiger partial charge in [-0.1, -0.05) is 54.6 Å². The number of halogens is 1. The average molecular weight is 460 g/mol. The van der Waals surface area contributed by atoms with E-state index in [2.05, 4.69) is 15.5 Å².